The minimum absolute atomic E-state index is 0.192. The molecule has 2 aromatic rings. The van der Waals surface area contributed by atoms with Gasteiger partial charge < -0.3 is 4.74 Å². The van der Waals surface area contributed by atoms with Crippen LogP contribution in [0.3, 0.4) is 0 Å². The van der Waals surface area contributed by atoms with E-state index in [4.69, 9.17) is 4.74 Å². The molecule has 0 radical (unpaired) electrons. The average Bonchev–Trinajstić information content (AvgIpc) is 2.45. The summed E-state index contributed by atoms with van der Waals surface area (Å²) in [5, 5.41) is 0. The molecule has 21 heavy (non-hydrogen) atoms. The Morgan fingerprint density at radius 2 is 1.62 bits per heavy atom. The van der Waals surface area contributed by atoms with E-state index in [9.17, 15) is 13.2 Å². The van der Waals surface area contributed by atoms with Crippen LogP contribution in [0.1, 0.15) is 30.9 Å². The minimum atomic E-state index is -4.36. The molecule has 0 aliphatic rings. The Bertz CT molecular complexity index is 591. The summed E-state index contributed by atoms with van der Waals surface area (Å²) in [6.07, 6.45) is -1.25. The lowest BCUT2D eigenvalue weighted by atomic mass is 10.1. The van der Waals surface area contributed by atoms with E-state index in [1.165, 1.54) is 12.1 Å². The first-order chi connectivity index (χ1) is 9.99. The zero-order valence-corrected chi connectivity index (χ0v) is 11.8. The smallest absolute Gasteiger partial charge is 0.416 e. The normalized spacial score (nSPS) is 11.4. The first-order valence-electron chi connectivity index (χ1n) is 6.93. The molecule has 0 aliphatic carbocycles. The van der Waals surface area contributed by atoms with Gasteiger partial charge in [0.05, 0.1) is 5.56 Å². The van der Waals surface area contributed by atoms with Crippen LogP contribution in [0.5, 0.6) is 11.5 Å². The summed E-state index contributed by atoms with van der Waals surface area (Å²) in [6.45, 7) is 2.11. The molecule has 0 N–H and O–H groups in total. The highest BCUT2D eigenvalue weighted by Gasteiger charge is 2.30. The van der Waals surface area contributed by atoms with Gasteiger partial charge in [0.2, 0.25) is 0 Å². The number of ether oxygens (including phenoxy) is 1. The molecule has 0 saturated heterocycles. The van der Waals surface area contributed by atoms with E-state index in [0.29, 0.717) is 5.75 Å². The number of alkyl halides is 3. The Labute approximate surface area is 122 Å². The van der Waals surface area contributed by atoms with Gasteiger partial charge in [-0.05, 0) is 48.7 Å². The molecule has 0 aromatic heterocycles. The fourth-order valence-corrected chi connectivity index (χ4v) is 2.02. The minimum Gasteiger partial charge on any atom is -0.457 e. The Morgan fingerprint density at radius 3 is 2.29 bits per heavy atom. The molecule has 2 aromatic carbocycles. The van der Waals surface area contributed by atoms with Crippen molar-refractivity contribution in [3.05, 3.63) is 59.7 Å². The second-order valence-electron chi connectivity index (χ2n) is 4.88. The van der Waals surface area contributed by atoms with Crippen molar-refractivity contribution in [2.24, 2.45) is 0 Å². The van der Waals surface area contributed by atoms with E-state index in [1.54, 1.807) is 6.07 Å². The van der Waals surface area contributed by atoms with E-state index in [2.05, 4.69) is 6.92 Å². The van der Waals surface area contributed by atoms with Crippen molar-refractivity contribution in [1.29, 1.82) is 0 Å². The van der Waals surface area contributed by atoms with Gasteiger partial charge in [0.15, 0.2) is 0 Å². The Hall–Kier alpha value is -1.97. The van der Waals surface area contributed by atoms with Gasteiger partial charge in [-0.15, -0.1) is 0 Å². The summed E-state index contributed by atoms with van der Waals surface area (Å²) in [5.41, 5.74) is 0.420. The standard InChI is InChI=1S/C17H17F3O/c1-2-3-6-13-7-4-9-15(11-13)21-16-10-5-8-14(12-16)17(18,19)20/h4-5,7-12H,2-3,6H2,1H3. The lowest BCUT2D eigenvalue weighted by Gasteiger charge is -2.10. The third-order valence-corrected chi connectivity index (χ3v) is 3.11. The SMILES string of the molecule is CCCCc1cccc(Oc2cccc(C(F)(F)F)c2)c1. The van der Waals surface area contributed by atoms with Crippen molar-refractivity contribution in [2.75, 3.05) is 0 Å². The monoisotopic (exact) mass is 294 g/mol. The summed E-state index contributed by atoms with van der Waals surface area (Å²) < 4.78 is 43.5. The van der Waals surface area contributed by atoms with E-state index in [0.717, 1.165) is 37.0 Å². The van der Waals surface area contributed by atoms with E-state index in [-0.39, 0.29) is 5.75 Å². The van der Waals surface area contributed by atoms with Gasteiger partial charge in [-0.1, -0.05) is 31.5 Å². The fraction of sp³-hybridized carbons (Fsp3) is 0.294. The van der Waals surface area contributed by atoms with Crippen LogP contribution in [-0.2, 0) is 12.6 Å². The number of hydrogen-bond acceptors (Lipinski definition) is 1. The van der Waals surface area contributed by atoms with Crippen molar-refractivity contribution in [1.82, 2.24) is 0 Å². The third kappa shape index (κ3) is 4.52. The Kier molecular flexibility index (Phi) is 4.89. The van der Waals surface area contributed by atoms with Crippen LogP contribution in [0, 0.1) is 0 Å². The second kappa shape index (κ2) is 6.66. The third-order valence-electron chi connectivity index (χ3n) is 3.11. The Balaban J connectivity index is 2.14. The van der Waals surface area contributed by atoms with Gasteiger partial charge in [-0.3, -0.25) is 0 Å². The lowest BCUT2D eigenvalue weighted by molar-refractivity contribution is -0.137. The first-order valence-corrected chi connectivity index (χ1v) is 6.93. The van der Waals surface area contributed by atoms with E-state index >= 15 is 0 Å². The highest BCUT2D eigenvalue weighted by molar-refractivity contribution is 5.36. The molecule has 112 valence electrons. The predicted octanol–water partition coefficient (Wildman–Crippen LogP) is 5.84. The number of aryl methyl sites for hydroxylation is 1. The van der Waals surface area contributed by atoms with Crippen molar-refractivity contribution < 1.29 is 17.9 Å². The van der Waals surface area contributed by atoms with E-state index in [1.807, 2.05) is 18.2 Å². The maximum atomic E-state index is 12.7. The van der Waals surface area contributed by atoms with Crippen LogP contribution >= 0.6 is 0 Å². The molecule has 0 bridgehead atoms. The molecule has 0 heterocycles. The van der Waals surface area contributed by atoms with Crippen LogP contribution < -0.4 is 4.74 Å². The number of halogens is 3. The van der Waals surface area contributed by atoms with Crippen molar-refractivity contribution >= 4 is 0 Å². The van der Waals surface area contributed by atoms with Crippen LogP contribution in [0.4, 0.5) is 13.2 Å². The largest absolute Gasteiger partial charge is 0.457 e. The van der Waals surface area contributed by atoms with Crippen LogP contribution in [0.25, 0.3) is 0 Å². The quantitative estimate of drug-likeness (QED) is 0.673. The lowest BCUT2D eigenvalue weighted by Crippen LogP contribution is -2.04. The second-order valence-corrected chi connectivity index (χ2v) is 4.88. The van der Waals surface area contributed by atoms with Gasteiger partial charge in [0.25, 0.3) is 0 Å². The molecule has 0 fully saturated rings. The van der Waals surface area contributed by atoms with Gasteiger partial charge in [0.1, 0.15) is 11.5 Å². The molecule has 0 aliphatic heterocycles. The number of benzene rings is 2. The van der Waals surface area contributed by atoms with Gasteiger partial charge in [-0.25, -0.2) is 0 Å². The van der Waals surface area contributed by atoms with E-state index < -0.39 is 11.7 Å². The van der Waals surface area contributed by atoms with Gasteiger partial charge >= 0.3 is 6.18 Å². The predicted molar refractivity (Wildman–Crippen MR) is 76.6 cm³/mol. The summed E-state index contributed by atoms with van der Waals surface area (Å²) in [6, 6.07) is 12.4. The molecule has 4 heteroatoms. The molecule has 0 spiro atoms. The molecule has 1 nitrogen and oxygen atoms in total. The summed E-state index contributed by atoms with van der Waals surface area (Å²) in [5.74, 6) is 0.750. The topological polar surface area (TPSA) is 9.23 Å². The zero-order valence-electron chi connectivity index (χ0n) is 11.8. The van der Waals surface area contributed by atoms with Crippen LogP contribution in [-0.4, -0.2) is 0 Å². The summed E-state index contributed by atoms with van der Waals surface area (Å²) >= 11 is 0. The van der Waals surface area contributed by atoms with Gasteiger partial charge in [0, 0.05) is 0 Å². The number of hydrogen-bond donors (Lipinski definition) is 0. The maximum absolute atomic E-state index is 12.7. The number of unbranched alkanes of at least 4 members (excludes halogenated alkanes) is 1. The maximum Gasteiger partial charge on any atom is 0.416 e. The highest BCUT2D eigenvalue weighted by atomic mass is 19.4. The van der Waals surface area contributed by atoms with Gasteiger partial charge in [-0.2, -0.15) is 13.2 Å². The molecule has 0 amide bonds. The van der Waals surface area contributed by atoms with Crippen molar-refractivity contribution in [3.8, 4) is 11.5 Å². The van der Waals surface area contributed by atoms with Crippen LogP contribution in [0.2, 0.25) is 0 Å². The van der Waals surface area contributed by atoms with Crippen LogP contribution in [0.15, 0.2) is 48.5 Å². The molecule has 2 rings (SSSR count). The summed E-state index contributed by atoms with van der Waals surface area (Å²) in [4.78, 5) is 0. The van der Waals surface area contributed by atoms with Crippen molar-refractivity contribution in [2.45, 2.75) is 32.4 Å². The zero-order chi connectivity index (χ0) is 15.3. The van der Waals surface area contributed by atoms with Crippen molar-refractivity contribution in [3.63, 3.8) is 0 Å². The fourth-order valence-electron chi connectivity index (χ4n) is 2.02. The molecule has 0 unspecified atom stereocenters. The number of rotatable bonds is 5. The summed E-state index contributed by atoms with van der Waals surface area (Å²) in [7, 11) is 0. The molecule has 0 atom stereocenters. The highest BCUT2D eigenvalue weighted by Crippen LogP contribution is 2.32. The molecular weight excluding hydrogens is 277 g/mol. The first kappa shape index (κ1) is 15.4. The molecule has 0 saturated carbocycles. The molecular formula is C17H17F3O. The average molecular weight is 294 g/mol. The Morgan fingerprint density at radius 1 is 0.952 bits per heavy atom.